The lowest BCUT2D eigenvalue weighted by Gasteiger charge is -2.08. The molecule has 0 saturated carbocycles. The Kier molecular flexibility index (Phi) is 3.90. The van der Waals surface area contributed by atoms with Crippen molar-refractivity contribution in [2.24, 2.45) is 5.73 Å². The minimum Gasteiger partial charge on any atom is -0.329 e. The maximum absolute atomic E-state index is 5.54. The first kappa shape index (κ1) is 11.8. The van der Waals surface area contributed by atoms with Crippen LogP contribution in [0.5, 0.6) is 0 Å². The van der Waals surface area contributed by atoms with Crippen molar-refractivity contribution >= 4 is 0 Å². The number of nitrogens with two attached hydrogens (primary N) is 1. The molecule has 0 aliphatic carbocycles. The van der Waals surface area contributed by atoms with E-state index in [2.05, 4.69) is 17.3 Å². The molecular formula is C13H18N4. The van der Waals surface area contributed by atoms with E-state index in [0.29, 0.717) is 12.6 Å². The second kappa shape index (κ2) is 5.61. The summed E-state index contributed by atoms with van der Waals surface area (Å²) in [5, 5.41) is 7.81. The van der Waals surface area contributed by atoms with Gasteiger partial charge >= 0.3 is 0 Å². The molecule has 4 nitrogen and oxygen atoms in total. The topological polar surface area (TPSA) is 55.9 Å². The van der Waals surface area contributed by atoms with Crippen LogP contribution in [0.1, 0.15) is 12.6 Å². The SMILES string of the molecule is C[C@@H](CN)NCc1ccn(-c2ccccc2)n1. The third-order valence-corrected chi connectivity index (χ3v) is 2.65. The van der Waals surface area contributed by atoms with Gasteiger partial charge in [0.2, 0.25) is 0 Å². The highest BCUT2D eigenvalue weighted by Gasteiger charge is 2.02. The molecule has 3 N–H and O–H groups in total. The van der Waals surface area contributed by atoms with Crippen LogP contribution in [0, 0.1) is 0 Å². The summed E-state index contributed by atoms with van der Waals surface area (Å²) in [6, 6.07) is 12.4. The Morgan fingerprint density at radius 3 is 2.76 bits per heavy atom. The molecule has 2 aromatic rings. The van der Waals surface area contributed by atoms with Gasteiger partial charge in [0.25, 0.3) is 0 Å². The van der Waals surface area contributed by atoms with Crippen molar-refractivity contribution < 1.29 is 0 Å². The first-order chi connectivity index (χ1) is 8.29. The highest BCUT2D eigenvalue weighted by atomic mass is 15.3. The van der Waals surface area contributed by atoms with Crippen LogP contribution in [0.2, 0.25) is 0 Å². The molecular weight excluding hydrogens is 212 g/mol. The molecule has 0 aliphatic heterocycles. The highest BCUT2D eigenvalue weighted by Crippen LogP contribution is 2.06. The van der Waals surface area contributed by atoms with Gasteiger partial charge in [-0.25, -0.2) is 4.68 Å². The molecule has 0 saturated heterocycles. The Bertz CT molecular complexity index is 449. The van der Waals surface area contributed by atoms with Gasteiger partial charge in [-0.3, -0.25) is 0 Å². The summed E-state index contributed by atoms with van der Waals surface area (Å²) in [5.41, 5.74) is 7.64. The maximum Gasteiger partial charge on any atom is 0.0766 e. The van der Waals surface area contributed by atoms with E-state index in [9.17, 15) is 0 Å². The van der Waals surface area contributed by atoms with E-state index in [1.165, 1.54) is 0 Å². The standard InChI is InChI=1S/C13H18N4/c1-11(9-14)15-10-12-7-8-17(16-12)13-5-3-2-4-6-13/h2-8,11,15H,9-10,14H2,1H3/t11-/m0/s1. The lowest BCUT2D eigenvalue weighted by molar-refractivity contribution is 0.548. The van der Waals surface area contributed by atoms with Gasteiger partial charge in [-0.05, 0) is 25.1 Å². The molecule has 0 spiro atoms. The van der Waals surface area contributed by atoms with E-state index in [-0.39, 0.29) is 0 Å². The van der Waals surface area contributed by atoms with Gasteiger partial charge in [-0.15, -0.1) is 0 Å². The van der Waals surface area contributed by atoms with E-state index in [4.69, 9.17) is 5.73 Å². The summed E-state index contributed by atoms with van der Waals surface area (Å²) in [7, 11) is 0. The average Bonchev–Trinajstić information content (AvgIpc) is 2.86. The second-order valence-corrected chi connectivity index (χ2v) is 4.10. The van der Waals surface area contributed by atoms with Gasteiger partial charge in [-0.2, -0.15) is 5.10 Å². The molecule has 4 heteroatoms. The van der Waals surface area contributed by atoms with Crippen LogP contribution in [-0.2, 0) is 6.54 Å². The van der Waals surface area contributed by atoms with Crippen molar-refractivity contribution in [1.82, 2.24) is 15.1 Å². The summed E-state index contributed by atoms with van der Waals surface area (Å²) >= 11 is 0. The normalized spacial score (nSPS) is 12.6. The largest absolute Gasteiger partial charge is 0.329 e. The zero-order chi connectivity index (χ0) is 12.1. The van der Waals surface area contributed by atoms with E-state index in [1.54, 1.807) is 0 Å². The van der Waals surface area contributed by atoms with Crippen LogP contribution in [0.4, 0.5) is 0 Å². The minimum absolute atomic E-state index is 0.317. The number of aromatic nitrogens is 2. The van der Waals surface area contributed by atoms with Crippen LogP contribution in [-0.4, -0.2) is 22.4 Å². The number of nitrogens with one attached hydrogen (secondary N) is 1. The predicted molar refractivity (Wildman–Crippen MR) is 68.9 cm³/mol. The fraction of sp³-hybridized carbons (Fsp3) is 0.308. The van der Waals surface area contributed by atoms with Gasteiger partial charge in [0.05, 0.1) is 11.4 Å². The van der Waals surface area contributed by atoms with Crippen molar-refractivity contribution in [3.8, 4) is 5.69 Å². The first-order valence-corrected chi connectivity index (χ1v) is 5.83. The first-order valence-electron chi connectivity index (χ1n) is 5.83. The molecule has 0 fully saturated rings. The number of para-hydroxylation sites is 1. The smallest absolute Gasteiger partial charge is 0.0766 e. The summed E-state index contributed by atoms with van der Waals surface area (Å²) < 4.78 is 1.88. The molecule has 1 heterocycles. The Labute approximate surface area is 101 Å². The van der Waals surface area contributed by atoms with Crippen molar-refractivity contribution in [3.63, 3.8) is 0 Å². The van der Waals surface area contributed by atoms with Gasteiger partial charge < -0.3 is 11.1 Å². The van der Waals surface area contributed by atoms with Crippen LogP contribution < -0.4 is 11.1 Å². The molecule has 1 atom stereocenters. The number of hydrogen-bond donors (Lipinski definition) is 2. The zero-order valence-electron chi connectivity index (χ0n) is 10.0. The summed E-state index contributed by atoms with van der Waals surface area (Å²) in [6.45, 7) is 3.45. The van der Waals surface area contributed by atoms with Crippen molar-refractivity contribution in [2.75, 3.05) is 6.54 Å². The lowest BCUT2D eigenvalue weighted by atomic mass is 10.3. The summed E-state index contributed by atoms with van der Waals surface area (Å²) in [4.78, 5) is 0. The molecule has 1 aromatic carbocycles. The molecule has 2 rings (SSSR count). The Morgan fingerprint density at radius 1 is 1.29 bits per heavy atom. The summed E-state index contributed by atoms with van der Waals surface area (Å²) in [6.07, 6.45) is 1.97. The van der Waals surface area contributed by atoms with Crippen LogP contribution in [0.15, 0.2) is 42.6 Å². The van der Waals surface area contributed by atoms with Crippen molar-refractivity contribution in [3.05, 3.63) is 48.3 Å². The summed E-state index contributed by atoms with van der Waals surface area (Å²) in [5.74, 6) is 0. The fourth-order valence-corrected chi connectivity index (χ4v) is 1.54. The van der Waals surface area contributed by atoms with Crippen LogP contribution >= 0.6 is 0 Å². The van der Waals surface area contributed by atoms with Gasteiger partial charge in [-0.1, -0.05) is 18.2 Å². The Hall–Kier alpha value is -1.65. The van der Waals surface area contributed by atoms with Gasteiger partial charge in [0, 0.05) is 25.3 Å². The molecule has 1 aromatic heterocycles. The maximum atomic E-state index is 5.54. The lowest BCUT2D eigenvalue weighted by Crippen LogP contribution is -2.32. The number of benzene rings is 1. The molecule has 0 unspecified atom stereocenters. The number of rotatable bonds is 5. The predicted octanol–water partition coefficient (Wildman–Crippen LogP) is 1.31. The second-order valence-electron chi connectivity index (χ2n) is 4.10. The fourth-order valence-electron chi connectivity index (χ4n) is 1.54. The van der Waals surface area contributed by atoms with Crippen LogP contribution in [0.25, 0.3) is 5.69 Å². The number of hydrogen-bond acceptors (Lipinski definition) is 3. The zero-order valence-corrected chi connectivity index (χ0v) is 10.0. The van der Waals surface area contributed by atoms with Crippen molar-refractivity contribution in [2.45, 2.75) is 19.5 Å². The average molecular weight is 230 g/mol. The molecule has 0 radical (unpaired) electrons. The molecule has 17 heavy (non-hydrogen) atoms. The third kappa shape index (κ3) is 3.15. The number of nitrogens with zero attached hydrogens (tertiary/aromatic N) is 2. The third-order valence-electron chi connectivity index (χ3n) is 2.65. The van der Waals surface area contributed by atoms with Crippen molar-refractivity contribution in [1.29, 1.82) is 0 Å². The van der Waals surface area contributed by atoms with E-state index < -0.39 is 0 Å². The minimum atomic E-state index is 0.317. The Balaban J connectivity index is 2.01. The monoisotopic (exact) mass is 230 g/mol. The van der Waals surface area contributed by atoms with Crippen LogP contribution in [0.3, 0.4) is 0 Å². The molecule has 0 bridgehead atoms. The Morgan fingerprint density at radius 2 is 2.06 bits per heavy atom. The van der Waals surface area contributed by atoms with E-state index in [0.717, 1.165) is 17.9 Å². The quantitative estimate of drug-likeness (QED) is 0.814. The molecule has 0 amide bonds. The molecule has 0 aliphatic rings. The highest BCUT2D eigenvalue weighted by molar-refractivity contribution is 5.30. The van der Waals surface area contributed by atoms with Gasteiger partial charge in [0.15, 0.2) is 0 Å². The van der Waals surface area contributed by atoms with E-state index >= 15 is 0 Å². The van der Waals surface area contributed by atoms with E-state index in [1.807, 2.05) is 47.3 Å². The van der Waals surface area contributed by atoms with Gasteiger partial charge in [0.1, 0.15) is 0 Å². The molecule has 90 valence electrons.